The van der Waals surface area contributed by atoms with Crippen LogP contribution in [0.15, 0.2) is 36.4 Å². The third-order valence-corrected chi connectivity index (χ3v) is 4.66. The van der Waals surface area contributed by atoms with Crippen molar-refractivity contribution in [3.63, 3.8) is 0 Å². The van der Waals surface area contributed by atoms with Gasteiger partial charge >= 0.3 is 0 Å². The van der Waals surface area contributed by atoms with Crippen molar-refractivity contribution in [1.82, 2.24) is 4.90 Å². The fraction of sp³-hybridized carbons (Fsp3) is 0.333. The van der Waals surface area contributed by atoms with Crippen LogP contribution in [-0.4, -0.2) is 23.6 Å². The van der Waals surface area contributed by atoms with E-state index in [1.54, 1.807) is 17.4 Å². The summed E-state index contributed by atoms with van der Waals surface area (Å²) in [6, 6.07) is 11.4. The summed E-state index contributed by atoms with van der Waals surface area (Å²) in [7, 11) is 2.03. The van der Waals surface area contributed by atoms with E-state index < -0.39 is 6.10 Å². The minimum atomic E-state index is -0.530. The predicted molar refractivity (Wildman–Crippen MR) is 86.7 cm³/mol. The van der Waals surface area contributed by atoms with Gasteiger partial charge < -0.3 is 10.0 Å². The van der Waals surface area contributed by atoms with Crippen LogP contribution in [0.3, 0.4) is 0 Å². The largest absolute Gasteiger partial charge is 0.388 e. The first kappa shape index (κ1) is 15.8. The lowest BCUT2D eigenvalue weighted by atomic mass is 10.1. The molecule has 1 N–H and O–H groups in total. The van der Waals surface area contributed by atoms with Gasteiger partial charge in [-0.05, 0) is 37.2 Å². The minimum absolute atomic E-state index is 0.530. The van der Waals surface area contributed by atoms with Gasteiger partial charge in [0.05, 0.1) is 10.4 Å². The number of rotatable bonds is 6. The second-order valence-corrected chi connectivity index (χ2v) is 6.98. The molecule has 0 fully saturated rings. The maximum absolute atomic E-state index is 10.2. The van der Waals surface area contributed by atoms with Crippen LogP contribution in [0.25, 0.3) is 0 Å². The molecule has 0 spiro atoms. The summed E-state index contributed by atoms with van der Waals surface area (Å²) in [5, 5.41) is 10.8. The zero-order chi connectivity index (χ0) is 14.5. The van der Waals surface area contributed by atoms with Gasteiger partial charge in [-0.1, -0.05) is 41.4 Å². The van der Waals surface area contributed by atoms with Crippen molar-refractivity contribution in [2.75, 3.05) is 13.6 Å². The van der Waals surface area contributed by atoms with Gasteiger partial charge in [0.25, 0.3) is 0 Å². The van der Waals surface area contributed by atoms with Crippen LogP contribution in [0.1, 0.15) is 23.0 Å². The van der Waals surface area contributed by atoms with Crippen LogP contribution in [0, 0.1) is 0 Å². The number of aliphatic hydroxyl groups excluding tert-OH is 1. The quantitative estimate of drug-likeness (QED) is 0.836. The molecule has 1 atom stereocenters. The van der Waals surface area contributed by atoms with E-state index in [0.29, 0.717) is 11.4 Å². The van der Waals surface area contributed by atoms with Crippen molar-refractivity contribution < 1.29 is 5.11 Å². The van der Waals surface area contributed by atoms with Crippen LogP contribution in [0.4, 0.5) is 0 Å². The molecule has 0 aliphatic rings. The van der Waals surface area contributed by atoms with Crippen molar-refractivity contribution in [3.05, 3.63) is 56.2 Å². The number of thiophene rings is 1. The van der Waals surface area contributed by atoms with E-state index >= 15 is 0 Å². The fourth-order valence-electron chi connectivity index (χ4n) is 2.03. The molecule has 1 heterocycles. The molecule has 0 bridgehead atoms. The zero-order valence-electron chi connectivity index (χ0n) is 11.2. The van der Waals surface area contributed by atoms with E-state index in [1.807, 2.05) is 37.4 Å². The zero-order valence-corrected chi connectivity index (χ0v) is 13.5. The van der Waals surface area contributed by atoms with Crippen LogP contribution in [0.5, 0.6) is 0 Å². The number of benzene rings is 1. The smallest absolute Gasteiger partial charge is 0.0931 e. The highest BCUT2D eigenvalue weighted by Gasteiger charge is 2.12. The normalized spacial score (nSPS) is 12.8. The Morgan fingerprint density at radius 2 is 1.95 bits per heavy atom. The van der Waals surface area contributed by atoms with E-state index in [4.69, 9.17) is 23.2 Å². The summed E-state index contributed by atoms with van der Waals surface area (Å²) in [6.07, 6.45) is 0.123. The van der Waals surface area contributed by atoms with Crippen LogP contribution < -0.4 is 0 Å². The summed E-state index contributed by atoms with van der Waals surface area (Å²) >= 11 is 13.6. The fourth-order valence-corrected chi connectivity index (χ4v) is 3.45. The average Bonchev–Trinajstić information content (AvgIpc) is 2.82. The van der Waals surface area contributed by atoms with Crippen molar-refractivity contribution in [2.24, 2.45) is 0 Å². The highest BCUT2D eigenvalue weighted by molar-refractivity contribution is 7.16. The predicted octanol–water partition coefficient (Wildman–Crippen LogP) is 4.61. The van der Waals surface area contributed by atoms with E-state index in [2.05, 4.69) is 4.90 Å². The number of nitrogens with zero attached hydrogens (tertiary/aromatic N) is 1. The Kier molecular flexibility index (Phi) is 5.87. The van der Waals surface area contributed by atoms with Gasteiger partial charge in [-0.2, -0.15) is 0 Å². The second kappa shape index (κ2) is 7.43. The highest BCUT2D eigenvalue weighted by Crippen LogP contribution is 2.26. The molecule has 2 nitrogen and oxygen atoms in total. The lowest BCUT2D eigenvalue weighted by molar-refractivity contribution is 0.148. The first-order chi connectivity index (χ1) is 9.56. The molecule has 1 aromatic heterocycles. The summed E-state index contributed by atoms with van der Waals surface area (Å²) < 4.78 is 0.810. The summed E-state index contributed by atoms with van der Waals surface area (Å²) in [5.74, 6) is 0. The van der Waals surface area contributed by atoms with Crippen molar-refractivity contribution >= 4 is 34.5 Å². The number of hydrogen-bond acceptors (Lipinski definition) is 3. The SMILES string of the molecule is CN(CCC(O)c1ccccc1Cl)Cc1ccc(Cl)s1. The van der Waals surface area contributed by atoms with Crippen LogP contribution in [-0.2, 0) is 6.54 Å². The molecular weight excluding hydrogens is 313 g/mol. The molecule has 108 valence electrons. The Morgan fingerprint density at radius 1 is 1.20 bits per heavy atom. The minimum Gasteiger partial charge on any atom is -0.388 e. The van der Waals surface area contributed by atoms with E-state index in [9.17, 15) is 5.11 Å². The van der Waals surface area contributed by atoms with Crippen LogP contribution in [0.2, 0.25) is 9.36 Å². The topological polar surface area (TPSA) is 23.5 Å². The Labute approximate surface area is 133 Å². The molecule has 1 unspecified atom stereocenters. The first-order valence-corrected chi connectivity index (χ1v) is 7.99. The van der Waals surface area contributed by atoms with Crippen molar-refractivity contribution in [1.29, 1.82) is 0 Å². The van der Waals surface area contributed by atoms with Crippen molar-refractivity contribution in [3.8, 4) is 0 Å². The summed E-state index contributed by atoms with van der Waals surface area (Å²) in [5.41, 5.74) is 0.793. The number of halogens is 2. The monoisotopic (exact) mass is 329 g/mol. The molecule has 0 amide bonds. The third kappa shape index (κ3) is 4.47. The number of aliphatic hydroxyl groups is 1. The van der Waals surface area contributed by atoms with Gasteiger partial charge in [0.2, 0.25) is 0 Å². The lowest BCUT2D eigenvalue weighted by Gasteiger charge is -2.19. The van der Waals surface area contributed by atoms with Gasteiger partial charge in [-0.3, -0.25) is 0 Å². The maximum Gasteiger partial charge on any atom is 0.0931 e. The Balaban J connectivity index is 1.84. The van der Waals surface area contributed by atoms with Gasteiger partial charge in [0, 0.05) is 23.0 Å². The Hall–Kier alpha value is -0.580. The second-order valence-electron chi connectivity index (χ2n) is 4.77. The molecule has 0 saturated heterocycles. The third-order valence-electron chi connectivity index (χ3n) is 3.10. The molecule has 5 heteroatoms. The van der Waals surface area contributed by atoms with Crippen molar-refractivity contribution in [2.45, 2.75) is 19.1 Å². The molecule has 2 rings (SSSR count). The molecule has 0 radical (unpaired) electrons. The Morgan fingerprint density at radius 3 is 2.60 bits per heavy atom. The van der Waals surface area contributed by atoms with E-state index in [-0.39, 0.29) is 0 Å². The molecule has 1 aromatic carbocycles. The molecule has 0 aliphatic carbocycles. The molecule has 2 aromatic rings. The number of hydrogen-bond donors (Lipinski definition) is 1. The molecule has 0 saturated carbocycles. The first-order valence-electron chi connectivity index (χ1n) is 6.41. The van der Waals surface area contributed by atoms with E-state index in [1.165, 1.54) is 4.88 Å². The summed E-state index contributed by atoms with van der Waals surface area (Å²) in [4.78, 5) is 3.40. The van der Waals surface area contributed by atoms with Gasteiger partial charge in [0.1, 0.15) is 0 Å². The molecule has 0 aliphatic heterocycles. The molecule has 20 heavy (non-hydrogen) atoms. The van der Waals surface area contributed by atoms with Gasteiger partial charge in [-0.15, -0.1) is 11.3 Å². The summed E-state index contributed by atoms with van der Waals surface area (Å²) in [6.45, 7) is 1.63. The maximum atomic E-state index is 10.2. The van der Waals surface area contributed by atoms with E-state index in [0.717, 1.165) is 23.0 Å². The van der Waals surface area contributed by atoms with Gasteiger partial charge in [-0.25, -0.2) is 0 Å². The van der Waals surface area contributed by atoms with Crippen LogP contribution >= 0.6 is 34.5 Å². The lowest BCUT2D eigenvalue weighted by Crippen LogP contribution is -2.20. The Bertz CT molecular complexity index is 558. The molecular formula is C15H17Cl2NOS. The van der Waals surface area contributed by atoms with Gasteiger partial charge in [0.15, 0.2) is 0 Å². The standard InChI is InChI=1S/C15H17Cl2NOS/c1-18(10-11-6-7-15(17)20-11)9-8-14(19)12-4-2-3-5-13(12)16/h2-7,14,19H,8-10H2,1H3. The average molecular weight is 330 g/mol. The highest BCUT2D eigenvalue weighted by atomic mass is 35.5.